The van der Waals surface area contributed by atoms with Crippen molar-refractivity contribution in [3.63, 3.8) is 0 Å². The van der Waals surface area contributed by atoms with Crippen LogP contribution in [0.3, 0.4) is 0 Å². The summed E-state index contributed by atoms with van der Waals surface area (Å²) in [6, 6.07) is 1.57. The molecule has 8 nitrogen and oxygen atoms in total. The van der Waals surface area contributed by atoms with Crippen LogP contribution in [0.2, 0.25) is 0 Å². The second-order valence-electron chi connectivity index (χ2n) is 7.58. The fourth-order valence-electron chi connectivity index (χ4n) is 4.37. The Labute approximate surface area is 153 Å². The lowest BCUT2D eigenvalue weighted by Crippen LogP contribution is -2.55. The number of hydrogen-bond donors (Lipinski definition) is 1. The first-order valence-electron chi connectivity index (χ1n) is 9.48. The minimum Gasteiger partial charge on any atom is -0.338 e. The molecule has 1 spiro atoms. The molecule has 2 atom stereocenters. The first-order valence-corrected chi connectivity index (χ1v) is 9.48. The van der Waals surface area contributed by atoms with Gasteiger partial charge in [0, 0.05) is 38.6 Å². The number of piperazine rings is 1. The van der Waals surface area contributed by atoms with Gasteiger partial charge in [-0.2, -0.15) is 0 Å². The van der Waals surface area contributed by atoms with Crippen molar-refractivity contribution in [1.82, 2.24) is 25.1 Å². The van der Waals surface area contributed by atoms with Crippen LogP contribution in [0.15, 0.2) is 18.5 Å². The molecule has 140 valence electrons. The molecule has 1 N–H and O–H groups in total. The Bertz CT molecular complexity index is 676. The number of nitrogens with one attached hydrogen (secondary N) is 1. The van der Waals surface area contributed by atoms with Crippen LogP contribution < -0.4 is 10.2 Å². The van der Waals surface area contributed by atoms with Crippen LogP contribution in [0.1, 0.15) is 32.6 Å². The van der Waals surface area contributed by atoms with Crippen molar-refractivity contribution >= 4 is 17.9 Å². The van der Waals surface area contributed by atoms with E-state index in [-0.39, 0.29) is 17.9 Å². The lowest BCUT2D eigenvalue weighted by atomic mass is 9.73. The van der Waals surface area contributed by atoms with Crippen molar-refractivity contribution < 1.29 is 9.59 Å². The van der Waals surface area contributed by atoms with E-state index in [1.54, 1.807) is 18.5 Å². The topological polar surface area (TPSA) is 81.7 Å². The number of hydrogen-bond acceptors (Lipinski definition) is 6. The Morgan fingerprint density at radius 2 is 1.88 bits per heavy atom. The molecule has 1 aliphatic carbocycles. The van der Waals surface area contributed by atoms with Gasteiger partial charge in [0.15, 0.2) is 0 Å². The molecule has 2 saturated heterocycles. The van der Waals surface area contributed by atoms with Gasteiger partial charge in [0.1, 0.15) is 5.54 Å². The highest BCUT2D eigenvalue weighted by Crippen LogP contribution is 2.38. The number of carbonyl (C=O) groups is 2. The van der Waals surface area contributed by atoms with E-state index in [4.69, 9.17) is 0 Å². The van der Waals surface area contributed by atoms with Crippen LogP contribution in [-0.2, 0) is 4.79 Å². The van der Waals surface area contributed by atoms with E-state index in [0.717, 1.165) is 57.8 Å². The van der Waals surface area contributed by atoms with Gasteiger partial charge < -0.3 is 10.2 Å². The molecule has 2 aliphatic heterocycles. The third-order valence-electron chi connectivity index (χ3n) is 6.05. The van der Waals surface area contributed by atoms with Crippen LogP contribution in [0.25, 0.3) is 0 Å². The molecule has 3 aliphatic rings. The minimum atomic E-state index is -0.672. The summed E-state index contributed by atoms with van der Waals surface area (Å²) in [6.07, 6.45) is 7.37. The van der Waals surface area contributed by atoms with Crippen molar-refractivity contribution in [1.29, 1.82) is 0 Å². The zero-order valence-electron chi connectivity index (χ0n) is 15.2. The lowest BCUT2D eigenvalue weighted by Gasteiger charge is -2.38. The molecular formula is C18H26N6O2. The second-order valence-corrected chi connectivity index (χ2v) is 7.58. The molecule has 3 heterocycles. The first kappa shape index (κ1) is 17.2. The predicted octanol–water partition coefficient (Wildman–Crippen LogP) is 1.06. The van der Waals surface area contributed by atoms with Crippen LogP contribution in [-0.4, -0.2) is 70.1 Å². The minimum absolute atomic E-state index is 0.0384. The van der Waals surface area contributed by atoms with E-state index in [0.29, 0.717) is 6.67 Å². The molecule has 26 heavy (non-hydrogen) atoms. The summed E-state index contributed by atoms with van der Waals surface area (Å²) < 4.78 is 0. The highest BCUT2D eigenvalue weighted by atomic mass is 16.2. The van der Waals surface area contributed by atoms with Crippen molar-refractivity contribution in [2.75, 3.05) is 37.7 Å². The number of rotatable bonds is 3. The van der Waals surface area contributed by atoms with Gasteiger partial charge in [0.2, 0.25) is 5.95 Å². The number of aromatic nitrogens is 2. The molecule has 4 rings (SSSR count). The zero-order chi connectivity index (χ0) is 18.1. The normalized spacial score (nSPS) is 30.1. The maximum atomic E-state index is 13.0. The summed E-state index contributed by atoms with van der Waals surface area (Å²) in [6.45, 7) is 5.57. The Balaban J connectivity index is 1.38. The van der Waals surface area contributed by atoms with Crippen molar-refractivity contribution in [3.05, 3.63) is 18.5 Å². The summed E-state index contributed by atoms with van der Waals surface area (Å²) in [4.78, 5) is 39.8. The van der Waals surface area contributed by atoms with E-state index in [9.17, 15) is 9.59 Å². The molecule has 0 bridgehead atoms. The van der Waals surface area contributed by atoms with Gasteiger partial charge in [-0.25, -0.2) is 19.7 Å². The number of anilines is 1. The molecule has 1 aromatic rings. The quantitative estimate of drug-likeness (QED) is 0.814. The number of nitrogens with zero attached hydrogens (tertiary/aromatic N) is 5. The van der Waals surface area contributed by atoms with Crippen molar-refractivity contribution in [2.24, 2.45) is 5.92 Å². The molecule has 3 fully saturated rings. The van der Waals surface area contributed by atoms with Gasteiger partial charge in [-0.05, 0) is 24.8 Å². The standard InChI is InChI=1S/C18H26N6O2/c1-14-5-2-3-6-18(14)15(25)24(17(26)21-18)13-22-9-11-23(12-10-22)16-19-7-4-8-20-16/h4,7-8,14H,2-3,5-6,9-13H2,1H3,(H,21,26)/t14-,18-/m1/s1. The summed E-state index contributed by atoms with van der Waals surface area (Å²) in [5.41, 5.74) is -0.672. The zero-order valence-corrected chi connectivity index (χ0v) is 15.2. The van der Waals surface area contributed by atoms with Gasteiger partial charge in [0.25, 0.3) is 5.91 Å². The smallest absolute Gasteiger partial charge is 0.326 e. The molecule has 0 aromatic carbocycles. The maximum Gasteiger partial charge on any atom is 0.326 e. The largest absolute Gasteiger partial charge is 0.338 e. The first-order chi connectivity index (χ1) is 12.6. The SMILES string of the molecule is C[C@@H]1CCCC[C@@]12NC(=O)N(CN1CCN(c3ncccn3)CC1)C2=O. The maximum absolute atomic E-state index is 13.0. The number of carbonyl (C=O) groups excluding carboxylic acids is 2. The van der Waals surface area contributed by atoms with Crippen LogP contribution in [0.4, 0.5) is 10.7 Å². The number of urea groups is 1. The molecule has 1 aromatic heterocycles. The third-order valence-corrected chi connectivity index (χ3v) is 6.05. The van der Waals surface area contributed by atoms with E-state index < -0.39 is 5.54 Å². The molecule has 8 heteroatoms. The predicted molar refractivity (Wildman–Crippen MR) is 96.4 cm³/mol. The molecule has 0 unspecified atom stereocenters. The van der Waals surface area contributed by atoms with E-state index in [1.807, 2.05) is 0 Å². The molecule has 3 amide bonds. The monoisotopic (exact) mass is 358 g/mol. The average Bonchev–Trinajstić information content (AvgIpc) is 2.90. The average molecular weight is 358 g/mol. The summed E-state index contributed by atoms with van der Waals surface area (Å²) >= 11 is 0. The molecule has 1 saturated carbocycles. The Morgan fingerprint density at radius 1 is 1.15 bits per heavy atom. The van der Waals surface area contributed by atoms with E-state index in [1.165, 1.54) is 4.90 Å². The van der Waals surface area contributed by atoms with Gasteiger partial charge >= 0.3 is 6.03 Å². The summed E-state index contributed by atoms with van der Waals surface area (Å²) in [7, 11) is 0. The van der Waals surface area contributed by atoms with Crippen molar-refractivity contribution in [2.45, 2.75) is 38.1 Å². The fraction of sp³-hybridized carbons (Fsp3) is 0.667. The van der Waals surface area contributed by atoms with Gasteiger partial charge in [-0.3, -0.25) is 9.69 Å². The van der Waals surface area contributed by atoms with Crippen molar-refractivity contribution in [3.8, 4) is 0 Å². The summed E-state index contributed by atoms with van der Waals surface area (Å²) in [5.74, 6) is 0.894. The fourth-order valence-corrected chi connectivity index (χ4v) is 4.37. The Kier molecular flexibility index (Phi) is 4.52. The third kappa shape index (κ3) is 2.92. The lowest BCUT2D eigenvalue weighted by molar-refractivity contribution is -0.135. The highest BCUT2D eigenvalue weighted by Gasteiger charge is 2.55. The molecular weight excluding hydrogens is 332 g/mol. The van der Waals surface area contributed by atoms with Crippen LogP contribution >= 0.6 is 0 Å². The second kappa shape index (κ2) is 6.83. The highest BCUT2D eigenvalue weighted by molar-refractivity contribution is 6.07. The molecule has 0 radical (unpaired) electrons. The van der Waals surface area contributed by atoms with Gasteiger partial charge in [-0.1, -0.05) is 19.8 Å². The van der Waals surface area contributed by atoms with Crippen LogP contribution in [0.5, 0.6) is 0 Å². The van der Waals surface area contributed by atoms with Gasteiger partial charge in [-0.15, -0.1) is 0 Å². The van der Waals surface area contributed by atoms with E-state index >= 15 is 0 Å². The Morgan fingerprint density at radius 3 is 2.58 bits per heavy atom. The van der Waals surface area contributed by atoms with Crippen LogP contribution in [0, 0.1) is 5.92 Å². The summed E-state index contributed by atoms with van der Waals surface area (Å²) in [5, 5.41) is 3.02. The van der Waals surface area contributed by atoms with E-state index in [2.05, 4.69) is 32.0 Å². The number of amides is 3. The van der Waals surface area contributed by atoms with Gasteiger partial charge in [0.05, 0.1) is 6.67 Å². The number of imide groups is 1. The Hall–Kier alpha value is -2.22.